The Hall–Kier alpha value is -2.02. The maximum atomic E-state index is 12.5. The van der Waals surface area contributed by atoms with Crippen molar-refractivity contribution in [2.75, 3.05) is 0 Å². The summed E-state index contributed by atoms with van der Waals surface area (Å²) < 4.78 is 38.6. The standard InChI is InChI=1S/C11H10F3N3O/c12-11(13,14)8-2-1-3-9(4-8)17-10(18)7(5-15)6-16-17/h1-4,6,16H,5,15H2. The first-order valence-corrected chi connectivity index (χ1v) is 5.10. The molecule has 0 atom stereocenters. The molecule has 0 radical (unpaired) electrons. The van der Waals surface area contributed by atoms with Crippen molar-refractivity contribution >= 4 is 0 Å². The van der Waals surface area contributed by atoms with Crippen molar-refractivity contribution in [1.82, 2.24) is 9.78 Å². The van der Waals surface area contributed by atoms with E-state index in [0.717, 1.165) is 16.8 Å². The SMILES string of the molecule is NCc1c[nH]n(-c2cccc(C(F)(F)F)c2)c1=O. The summed E-state index contributed by atoms with van der Waals surface area (Å²) >= 11 is 0. The molecule has 2 rings (SSSR count). The van der Waals surface area contributed by atoms with Crippen LogP contribution in [0.15, 0.2) is 35.3 Å². The van der Waals surface area contributed by atoms with Gasteiger partial charge in [-0.2, -0.15) is 13.2 Å². The van der Waals surface area contributed by atoms with Crippen LogP contribution in [0.25, 0.3) is 5.69 Å². The molecule has 0 bridgehead atoms. The fraction of sp³-hybridized carbons (Fsp3) is 0.182. The first-order valence-electron chi connectivity index (χ1n) is 5.10. The lowest BCUT2D eigenvalue weighted by molar-refractivity contribution is -0.137. The second kappa shape index (κ2) is 4.34. The molecule has 1 aromatic heterocycles. The maximum Gasteiger partial charge on any atom is 0.416 e. The molecule has 0 saturated heterocycles. The van der Waals surface area contributed by atoms with Gasteiger partial charge in [-0.3, -0.25) is 9.89 Å². The number of nitrogens with zero attached hydrogens (tertiary/aromatic N) is 1. The zero-order valence-corrected chi connectivity index (χ0v) is 9.16. The molecule has 18 heavy (non-hydrogen) atoms. The third-order valence-electron chi connectivity index (χ3n) is 2.50. The molecule has 96 valence electrons. The first kappa shape index (κ1) is 12.4. The van der Waals surface area contributed by atoms with E-state index < -0.39 is 17.3 Å². The summed E-state index contributed by atoms with van der Waals surface area (Å²) in [5, 5.41) is 2.58. The number of rotatable bonds is 2. The van der Waals surface area contributed by atoms with Gasteiger partial charge in [0.25, 0.3) is 5.56 Å². The number of H-pyrrole nitrogens is 1. The highest BCUT2D eigenvalue weighted by molar-refractivity contribution is 5.36. The highest BCUT2D eigenvalue weighted by Gasteiger charge is 2.30. The van der Waals surface area contributed by atoms with Gasteiger partial charge in [0.05, 0.1) is 16.8 Å². The molecular weight excluding hydrogens is 247 g/mol. The van der Waals surface area contributed by atoms with Crippen LogP contribution >= 0.6 is 0 Å². The number of hydrogen-bond donors (Lipinski definition) is 2. The first-order chi connectivity index (χ1) is 8.43. The van der Waals surface area contributed by atoms with Crippen LogP contribution in [-0.2, 0) is 12.7 Å². The number of nitrogens with two attached hydrogens (primary N) is 1. The molecule has 2 aromatic rings. The predicted molar refractivity (Wildman–Crippen MR) is 59.3 cm³/mol. The number of aromatic amines is 1. The van der Waals surface area contributed by atoms with E-state index in [9.17, 15) is 18.0 Å². The minimum Gasteiger partial charge on any atom is -0.326 e. The van der Waals surface area contributed by atoms with Gasteiger partial charge < -0.3 is 5.73 Å². The van der Waals surface area contributed by atoms with Crippen molar-refractivity contribution in [3.8, 4) is 5.69 Å². The topological polar surface area (TPSA) is 63.8 Å². The normalized spacial score (nSPS) is 11.8. The quantitative estimate of drug-likeness (QED) is 0.859. The Kier molecular flexibility index (Phi) is 3.00. The van der Waals surface area contributed by atoms with Crippen molar-refractivity contribution in [3.05, 3.63) is 51.9 Å². The van der Waals surface area contributed by atoms with Gasteiger partial charge in [0.15, 0.2) is 0 Å². The maximum absolute atomic E-state index is 12.5. The van der Waals surface area contributed by atoms with Gasteiger partial charge in [0.1, 0.15) is 0 Å². The average molecular weight is 257 g/mol. The summed E-state index contributed by atoms with van der Waals surface area (Å²) in [6, 6.07) is 4.50. The summed E-state index contributed by atoms with van der Waals surface area (Å²) in [5.41, 5.74) is 4.50. The van der Waals surface area contributed by atoms with Gasteiger partial charge in [-0.05, 0) is 18.2 Å². The largest absolute Gasteiger partial charge is 0.416 e. The summed E-state index contributed by atoms with van der Waals surface area (Å²) in [7, 11) is 0. The van der Waals surface area contributed by atoms with Gasteiger partial charge in [0.2, 0.25) is 0 Å². The molecule has 4 nitrogen and oxygen atoms in total. The molecule has 0 aliphatic heterocycles. The molecule has 0 unspecified atom stereocenters. The van der Waals surface area contributed by atoms with Crippen LogP contribution in [0.4, 0.5) is 13.2 Å². The van der Waals surface area contributed by atoms with Gasteiger partial charge in [0, 0.05) is 12.7 Å². The van der Waals surface area contributed by atoms with Crippen LogP contribution in [0, 0.1) is 0 Å². The molecule has 0 fully saturated rings. The molecule has 0 aliphatic rings. The molecule has 1 heterocycles. The fourth-order valence-electron chi connectivity index (χ4n) is 1.57. The second-order valence-corrected chi connectivity index (χ2v) is 3.69. The lowest BCUT2D eigenvalue weighted by Crippen LogP contribution is -2.19. The third-order valence-corrected chi connectivity index (χ3v) is 2.50. The fourth-order valence-corrected chi connectivity index (χ4v) is 1.57. The Balaban J connectivity index is 2.52. The number of aromatic nitrogens is 2. The van der Waals surface area contributed by atoms with Gasteiger partial charge in [-0.1, -0.05) is 6.07 Å². The van der Waals surface area contributed by atoms with Crippen LogP contribution in [0.5, 0.6) is 0 Å². The van der Waals surface area contributed by atoms with Gasteiger partial charge >= 0.3 is 6.18 Å². The second-order valence-electron chi connectivity index (χ2n) is 3.69. The van der Waals surface area contributed by atoms with Crippen molar-refractivity contribution in [2.24, 2.45) is 5.73 Å². The Morgan fingerprint density at radius 2 is 2.06 bits per heavy atom. The number of alkyl halides is 3. The van der Waals surface area contributed by atoms with E-state index in [1.165, 1.54) is 18.3 Å². The molecule has 0 amide bonds. The Morgan fingerprint density at radius 3 is 2.61 bits per heavy atom. The highest BCUT2D eigenvalue weighted by Crippen LogP contribution is 2.29. The Bertz CT molecular complexity index is 612. The van der Waals surface area contributed by atoms with E-state index in [4.69, 9.17) is 5.73 Å². The van der Waals surface area contributed by atoms with Crippen LogP contribution in [-0.4, -0.2) is 9.78 Å². The van der Waals surface area contributed by atoms with E-state index in [0.29, 0.717) is 5.56 Å². The van der Waals surface area contributed by atoms with Crippen LogP contribution < -0.4 is 11.3 Å². The molecule has 0 saturated carbocycles. The van der Waals surface area contributed by atoms with Crippen molar-refractivity contribution in [3.63, 3.8) is 0 Å². The van der Waals surface area contributed by atoms with Crippen LogP contribution in [0.3, 0.4) is 0 Å². The number of benzene rings is 1. The van der Waals surface area contributed by atoms with Gasteiger partial charge in [-0.15, -0.1) is 0 Å². The van der Waals surface area contributed by atoms with Crippen molar-refractivity contribution in [1.29, 1.82) is 0 Å². The van der Waals surface area contributed by atoms with E-state index >= 15 is 0 Å². The highest BCUT2D eigenvalue weighted by atomic mass is 19.4. The molecule has 0 aliphatic carbocycles. The molecular formula is C11H10F3N3O. The van der Waals surface area contributed by atoms with Gasteiger partial charge in [-0.25, -0.2) is 4.68 Å². The Morgan fingerprint density at radius 1 is 1.33 bits per heavy atom. The summed E-state index contributed by atoms with van der Waals surface area (Å²) in [5.74, 6) is 0. The Labute approximate surface area is 99.8 Å². The lowest BCUT2D eigenvalue weighted by Gasteiger charge is -2.08. The molecule has 1 aromatic carbocycles. The monoisotopic (exact) mass is 257 g/mol. The van der Waals surface area contributed by atoms with E-state index in [2.05, 4.69) is 5.10 Å². The van der Waals surface area contributed by atoms with Crippen LogP contribution in [0.1, 0.15) is 11.1 Å². The van der Waals surface area contributed by atoms with Crippen molar-refractivity contribution < 1.29 is 13.2 Å². The summed E-state index contributed by atoms with van der Waals surface area (Å²) in [6.07, 6.45) is -3.06. The minimum atomic E-state index is -4.44. The predicted octanol–water partition coefficient (Wildman–Crippen LogP) is 1.64. The number of nitrogens with one attached hydrogen (secondary N) is 1. The summed E-state index contributed by atoms with van der Waals surface area (Å²) in [6.45, 7) is 0.0291. The smallest absolute Gasteiger partial charge is 0.326 e. The third kappa shape index (κ3) is 2.17. The molecule has 0 spiro atoms. The molecule has 7 heteroatoms. The van der Waals surface area contributed by atoms with E-state index in [1.54, 1.807) is 0 Å². The zero-order chi connectivity index (χ0) is 13.3. The minimum absolute atomic E-state index is 0.0291. The van der Waals surface area contributed by atoms with Crippen molar-refractivity contribution in [2.45, 2.75) is 12.7 Å². The van der Waals surface area contributed by atoms with E-state index in [1.807, 2.05) is 0 Å². The lowest BCUT2D eigenvalue weighted by atomic mass is 10.2. The van der Waals surface area contributed by atoms with Crippen LogP contribution in [0.2, 0.25) is 0 Å². The number of hydrogen-bond acceptors (Lipinski definition) is 2. The van der Waals surface area contributed by atoms with E-state index in [-0.39, 0.29) is 12.2 Å². The number of halogens is 3. The zero-order valence-electron chi connectivity index (χ0n) is 9.16. The molecule has 3 N–H and O–H groups in total. The average Bonchev–Trinajstić information content (AvgIpc) is 2.69. The summed E-state index contributed by atoms with van der Waals surface area (Å²) in [4.78, 5) is 11.7.